The van der Waals surface area contributed by atoms with Crippen molar-refractivity contribution < 1.29 is 9.18 Å². The number of hydrogen-bond donors (Lipinski definition) is 1. The molecule has 6 nitrogen and oxygen atoms in total. The summed E-state index contributed by atoms with van der Waals surface area (Å²) in [5.41, 5.74) is 3.13. The number of nitrogens with zero attached hydrogens (tertiary/aromatic N) is 4. The molecule has 27 heavy (non-hydrogen) atoms. The minimum Gasteiger partial charge on any atom is -0.349 e. The van der Waals surface area contributed by atoms with Crippen molar-refractivity contribution >= 4 is 17.1 Å². The number of amides is 1. The molecule has 1 aliphatic heterocycles. The molecular weight excluding hydrogens is 345 g/mol. The van der Waals surface area contributed by atoms with Gasteiger partial charge >= 0.3 is 0 Å². The summed E-state index contributed by atoms with van der Waals surface area (Å²) in [6.07, 6.45) is 5.08. The maximum absolute atomic E-state index is 13.0. The van der Waals surface area contributed by atoms with E-state index in [1.165, 1.54) is 12.1 Å². The van der Waals surface area contributed by atoms with Crippen LogP contribution in [-0.2, 0) is 13.6 Å². The highest BCUT2D eigenvalue weighted by atomic mass is 19.1. The van der Waals surface area contributed by atoms with Crippen LogP contribution in [0.4, 0.5) is 4.39 Å². The van der Waals surface area contributed by atoms with Gasteiger partial charge in [0.05, 0.1) is 11.9 Å². The van der Waals surface area contributed by atoms with Gasteiger partial charge in [0.25, 0.3) is 5.91 Å². The van der Waals surface area contributed by atoms with E-state index in [2.05, 4.69) is 20.2 Å². The summed E-state index contributed by atoms with van der Waals surface area (Å²) in [5.74, 6) is -0.314. The van der Waals surface area contributed by atoms with Crippen molar-refractivity contribution in [3.8, 4) is 0 Å². The third-order valence-electron chi connectivity index (χ3n) is 5.06. The highest BCUT2D eigenvalue weighted by molar-refractivity contribution is 5.96. The van der Waals surface area contributed by atoms with E-state index < -0.39 is 0 Å². The van der Waals surface area contributed by atoms with Crippen molar-refractivity contribution in [2.24, 2.45) is 7.05 Å². The lowest BCUT2D eigenvalue weighted by atomic mass is 10.0. The van der Waals surface area contributed by atoms with Crippen LogP contribution in [0.3, 0.4) is 0 Å². The first-order chi connectivity index (χ1) is 13.1. The molecule has 0 spiro atoms. The minimum atomic E-state index is -0.210. The lowest BCUT2D eigenvalue weighted by Gasteiger charge is -2.32. The molecule has 0 aliphatic carbocycles. The highest BCUT2D eigenvalue weighted by Crippen LogP contribution is 2.16. The largest absolute Gasteiger partial charge is 0.349 e. The number of aryl methyl sites for hydroxylation is 1. The smallest absolute Gasteiger partial charge is 0.253 e. The average molecular weight is 367 g/mol. The fourth-order valence-corrected chi connectivity index (χ4v) is 3.49. The Morgan fingerprint density at radius 2 is 1.96 bits per heavy atom. The number of fused-ring (bicyclic) bond motifs is 1. The topological polar surface area (TPSA) is 63.1 Å². The number of carbonyl (C=O) groups excluding carboxylic acids is 1. The molecule has 1 aliphatic rings. The number of likely N-dealkylation sites (tertiary alicyclic amines) is 1. The first kappa shape index (κ1) is 17.6. The van der Waals surface area contributed by atoms with Gasteiger partial charge in [-0.1, -0.05) is 12.1 Å². The molecule has 1 aromatic carbocycles. The zero-order chi connectivity index (χ0) is 18.8. The van der Waals surface area contributed by atoms with Crippen LogP contribution in [0.1, 0.15) is 28.8 Å². The minimum absolute atomic E-state index is 0.105. The van der Waals surface area contributed by atoms with Crippen molar-refractivity contribution in [1.29, 1.82) is 0 Å². The number of nitrogens with one attached hydrogen (secondary N) is 1. The Bertz CT molecular complexity index is 945. The molecule has 3 aromatic rings. The van der Waals surface area contributed by atoms with E-state index in [4.69, 9.17) is 0 Å². The van der Waals surface area contributed by atoms with E-state index in [1.54, 1.807) is 18.6 Å². The summed E-state index contributed by atoms with van der Waals surface area (Å²) in [7, 11) is 1.88. The normalized spacial score (nSPS) is 15.9. The molecule has 7 heteroatoms. The summed E-state index contributed by atoms with van der Waals surface area (Å²) in [4.78, 5) is 23.4. The van der Waals surface area contributed by atoms with E-state index in [1.807, 2.05) is 23.7 Å². The maximum atomic E-state index is 13.0. The van der Waals surface area contributed by atoms with Gasteiger partial charge in [-0.15, -0.1) is 0 Å². The van der Waals surface area contributed by atoms with Crippen LogP contribution in [0, 0.1) is 5.82 Å². The summed E-state index contributed by atoms with van der Waals surface area (Å²) in [6, 6.07) is 8.57. The predicted octanol–water partition coefficient (Wildman–Crippen LogP) is 2.50. The lowest BCUT2D eigenvalue weighted by Crippen LogP contribution is -2.44. The second-order valence-electron chi connectivity index (χ2n) is 7.07. The Balaban J connectivity index is 1.31. The Morgan fingerprint density at radius 3 is 2.70 bits per heavy atom. The maximum Gasteiger partial charge on any atom is 0.253 e. The van der Waals surface area contributed by atoms with E-state index in [0.29, 0.717) is 5.56 Å². The molecule has 0 atom stereocenters. The quantitative estimate of drug-likeness (QED) is 0.770. The van der Waals surface area contributed by atoms with Crippen LogP contribution in [0.5, 0.6) is 0 Å². The van der Waals surface area contributed by atoms with E-state index >= 15 is 0 Å². The third kappa shape index (κ3) is 3.98. The standard InChI is InChI=1S/C20H22FN5O/c1-25-13-23-18-10-15(11-22-19(18)25)20(27)24-17-6-8-26(9-7-17)12-14-2-4-16(21)5-3-14/h2-5,10-11,13,17H,6-9,12H2,1H3,(H,24,27). The number of carbonyl (C=O) groups is 1. The van der Waals surface area contributed by atoms with Gasteiger partial charge in [-0.2, -0.15) is 0 Å². The SMILES string of the molecule is Cn1cnc2cc(C(=O)NC3CCN(Cc4ccc(F)cc4)CC3)cnc21. The molecule has 0 unspecified atom stereocenters. The molecule has 1 amide bonds. The second-order valence-corrected chi connectivity index (χ2v) is 7.07. The Kier molecular flexibility index (Phi) is 4.85. The zero-order valence-corrected chi connectivity index (χ0v) is 15.2. The van der Waals surface area contributed by atoms with Crippen LogP contribution in [0.25, 0.3) is 11.2 Å². The highest BCUT2D eigenvalue weighted by Gasteiger charge is 2.21. The van der Waals surface area contributed by atoms with Crippen molar-refractivity contribution in [1.82, 2.24) is 24.8 Å². The van der Waals surface area contributed by atoms with Gasteiger partial charge in [0.15, 0.2) is 5.65 Å². The summed E-state index contributed by atoms with van der Waals surface area (Å²) in [5, 5.41) is 3.11. The van der Waals surface area contributed by atoms with Crippen molar-refractivity contribution in [2.75, 3.05) is 13.1 Å². The first-order valence-corrected chi connectivity index (χ1v) is 9.13. The van der Waals surface area contributed by atoms with Gasteiger partial charge in [-0.05, 0) is 36.6 Å². The van der Waals surface area contributed by atoms with E-state index in [0.717, 1.165) is 49.2 Å². The fourth-order valence-electron chi connectivity index (χ4n) is 3.49. The van der Waals surface area contributed by atoms with Gasteiger partial charge in [0.2, 0.25) is 0 Å². The summed E-state index contributed by atoms with van der Waals surface area (Å²) in [6.45, 7) is 2.61. The number of halogens is 1. The molecule has 3 heterocycles. The van der Waals surface area contributed by atoms with E-state index in [-0.39, 0.29) is 17.8 Å². The number of aromatic nitrogens is 3. The number of benzene rings is 1. The van der Waals surface area contributed by atoms with Crippen LogP contribution < -0.4 is 5.32 Å². The molecular formula is C20H22FN5O. The Morgan fingerprint density at radius 1 is 1.22 bits per heavy atom. The van der Waals surface area contributed by atoms with Crippen molar-refractivity contribution in [3.05, 3.63) is 59.8 Å². The third-order valence-corrected chi connectivity index (χ3v) is 5.06. The van der Waals surface area contributed by atoms with Gasteiger partial charge in [0.1, 0.15) is 11.3 Å². The number of piperidine rings is 1. The zero-order valence-electron chi connectivity index (χ0n) is 15.2. The van der Waals surface area contributed by atoms with Crippen LogP contribution >= 0.6 is 0 Å². The summed E-state index contributed by atoms with van der Waals surface area (Å²) < 4.78 is 14.8. The molecule has 0 radical (unpaired) electrons. The van der Waals surface area contributed by atoms with Crippen molar-refractivity contribution in [2.45, 2.75) is 25.4 Å². The fraction of sp³-hybridized carbons (Fsp3) is 0.350. The Hall–Kier alpha value is -2.80. The van der Waals surface area contributed by atoms with E-state index in [9.17, 15) is 9.18 Å². The molecule has 1 saturated heterocycles. The molecule has 1 fully saturated rings. The lowest BCUT2D eigenvalue weighted by molar-refractivity contribution is 0.0908. The monoisotopic (exact) mass is 367 g/mol. The molecule has 140 valence electrons. The molecule has 0 bridgehead atoms. The second kappa shape index (κ2) is 7.44. The Labute approximate surface area is 157 Å². The van der Waals surface area contributed by atoms with Gasteiger partial charge in [0, 0.05) is 38.9 Å². The molecule has 2 aromatic heterocycles. The van der Waals surface area contributed by atoms with Gasteiger partial charge in [-0.3, -0.25) is 9.69 Å². The number of pyridine rings is 1. The van der Waals surface area contributed by atoms with Crippen LogP contribution in [0.15, 0.2) is 42.9 Å². The van der Waals surface area contributed by atoms with Crippen molar-refractivity contribution in [3.63, 3.8) is 0 Å². The number of rotatable bonds is 4. The number of imidazole rings is 1. The predicted molar refractivity (Wildman–Crippen MR) is 101 cm³/mol. The molecule has 1 N–H and O–H groups in total. The molecule has 0 saturated carbocycles. The molecule has 4 rings (SSSR count). The van der Waals surface area contributed by atoms with Gasteiger partial charge < -0.3 is 9.88 Å². The van der Waals surface area contributed by atoms with Gasteiger partial charge in [-0.25, -0.2) is 14.4 Å². The van der Waals surface area contributed by atoms with Crippen LogP contribution in [-0.4, -0.2) is 44.5 Å². The average Bonchev–Trinajstić information content (AvgIpc) is 3.05. The first-order valence-electron chi connectivity index (χ1n) is 9.13. The van der Waals surface area contributed by atoms with Crippen LogP contribution in [0.2, 0.25) is 0 Å². The summed E-state index contributed by atoms with van der Waals surface area (Å²) >= 11 is 0. The number of hydrogen-bond acceptors (Lipinski definition) is 4.